The number of nitrogens with one attached hydrogen (secondary N) is 1. The fourth-order valence-electron chi connectivity index (χ4n) is 5.09. The SMILES string of the molecule is C[C@@H]1CCOC[C@@H]1CNc1cnn(C2CCN(S(=O)(=O)N(c3ccccc3)C3CC3)CC2)c(=O)c1Cl. The standard InChI is InChI=1S/C25H34ClN5O4S/c1-18-11-14-35-17-19(18)15-27-23-16-28-30(25(32)24(23)26)20-9-12-29(13-10-20)36(33,34)31(22-7-8-22)21-5-3-2-4-6-21/h2-6,16,18-20,22,27H,7-15,17H2,1H3/t18-,19+/m1/s1. The minimum absolute atomic E-state index is 0.0152. The number of benzene rings is 1. The Kier molecular flexibility index (Phi) is 7.57. The lowest BCUT2D eigenvalue weighted by Crippen LogP contribution is -2.49. The van der Waals surface area contributed by atoms with Gasteiger partial charge in [0.2, 0.25) is 0 Å². The van der Waals surface area contributed by atoms with E-state index >= 15 is 0 Å². The van der Waals surface area contributed by atoms with Gasteiger partial charge in [-0.15, -0.1) is 0 Å². The number of hydrogen-bond acceptors (Lipinski definition) is 6. The van der Waals surface area contributed by atoms with Crippen molar-refractivity contribution >= 4 is 33.2 Å². The van der Waals surface area contributed by atoms with E-state index in [1.165, 1.54) is 8.99 Å². The van der Waals surface area contributed by atoms with Gasteiger partial charge in [-0.1, -0.05) is 36.7 Å². The maximum absolute atomic E-state index is 13.5. The van der Waals surface area contributed by atoms with Gasteiger partial charge in [0.25, 0.3) is 5.56 Å². The Hall–Kier alpha value is -2.14. The van der Waals surface area contributed by atoms with Crippen LogP contribution in [0.3, 0.4) is 0 Å². The van der Waals surface area contributed by atoms with Crippen LogP contribution in [0, 0.1) is 11.8 Å². The minimum atomic E-state index is -3.65. The third kappa shape index (κ3) is 5.27. The normalized spacial score (nSPS) is 23.9. The van der Waals surface area contributed by atoms with Crippen LogP contribution in [0.25, 0.3) is 0 Å². The third-order valence-corrected chi connectivity index (χ3v) is 9.97. The van der Waals surface area contributed by atoms with E-state index in [4.69, 9.17) is 16.3 Å². The molecule has 3 fully saturated rings. The first-order valence-corrected chi connectivity index (χ1v) is 14.6. The van der Waals surface area contributed by atoms with Gasteiger partial charge in [-0.05, 0) is 50.2 Å². The zero-order valence-corrected chi connectivity index (χ0v) is 22.1. The van der Waals surface area contributed by atoms with Crippen LogP contribution in [-0.4, -0.2) is 61.4 Å². The van der Waals surface area contributed by atoms with Crippen molar-refractivity contribution in [1.29, 1.82) is 0 Å². The van der Waals surface area contributed by atoms with Crippen LogP contribution >= 0.6 is 11.6 Å². The summed E-state index contributed by atoms with van der Waals surface area (Å²) in [5, 5.41) is 7.79. The molecule has 3 aliphatic rings. The van der Waals surface area contributed by atoms with E-state index in [0.29, 0.717) is 62.3 Å². The molecule has 0 spiro atoms. The maximum atomic E-state index is 13.5. The molecule has 11 heteroatoms. The molecule has 1 aromatic carbocycles. The van der Waals surface area contributed by atoms with Gasteiger partial charge in [-0.2, -0.15) is 17.8 Å². The van der Waals surface area contributed by atoms with Gasteiger partial charge in [-0.3, -0.25) is 9.10 Å². The topological polar surface area (TPSA) is 96.8 Å². The second-order valence-corrected chi connectivity index (χ2v) is 12.3. The summed E-state index contributed by atoms with van der Waals surface area (Å²) < 4.78 is 37.2. The van der Waals surface area contributed by atoms with Crippen molar-refractivity contribution in [1.82, 2.24) is 14.1 Å². The van der Waals surface area contributed by atoms with Gasteiger partial charge >= 0.3 is 10.2 Å². The number of rotatable bonds is 8. The monoisotopic (exact) mass is 535 g/mol. The first-order chi connectivity index (χ1) is 17.4. The highest BCUT2D eigenvalue weighted by molar-refractivity contribution is 7.90. The lowest BCUT2D eigenvalue weighted by atomic mass is 9.90. The Balaban J connectivity index is 1.24. The number of nitrogens with zero attached hydrogens (tertiary/aromatic N) is 4. The van der Waals surface area contributed by atoms with Crippen LogP contribution < -0.4 is 15.2 Å². The molecular weight excluding hydrogens is 502 g/mol. The number of halogens is 1. The first-order valence-electron chi connectivity index (χ1n) is 12.8. The molecule has 1 aromatic heterocycles. The number of aromatic nitrogens is 2. The largest absolute Gasteiger partial charge is 0.382 e. The summed E-state index contributed by atoms with van der Waals surface area (Å²) in [7, 11) is -3.65. The first kappa shape index (κ1) is 25.5. The third-order valence-electron chi connectivity index (χ3n) is 7.59. The molecule has 0 unspecified atom stereocenters. The van der Waals surface area contributed by atoms with E-state index in [-0.39, 0.29) is 22.7 Å². The number of hydrogen-bond donors (Lipinski definition) is 1. The summed E-state index contributed by atoms with van der Waals surface area (Å²) in [6.07, 6.45) is 5.37. The summed E-state index contributed by atoms with van der Waals surface area (Å²) in [4.78, 5) is 13.0. The molecule has 2 aliphatic heterocycles. The van der Waals surface area contributed by atoms with Crippen LogP contribution in [0.4, 0.5) is 11.4 Å². The molecular formula is C25H34ClN5O4S. The quantitative estimate of drug-likeness (QED) is 0.555. The van der Waals surface area contributed by atoms with Crippen molar-refractivity contribution in [3.63, 3.8) is 0 Å². The molecule has 196 valence electrons. The van der Waals surface area contributed by atoms with Crippen molar-refractivity contribution in [3.05, 3.63) is 51.9 Å². The van der Waals surface area contributed by atoms with E-state index in [1.807, 2.05) is 30.3 Å². The summed E-state index contributed by atoms with van der Waals surface area (Å²) in [5.74, 6) is 0.896. The van der Waals surface area contributed by atoms with Crippen LogP contribution in [0.1, 0.15) is 45.1 Å². The Labute approximate surface area is 217 Å². The van der Waals surface area contributed by atoms with Crippen molar-refractivity contribution in [2.45, 2.75) is 51.1 Å². The smallest absolute Gasteiger partial charge is 0.304 e. The van der Waals surface area contributed by atoms with E-state index in [1.54, 1.807) is 10.5 Å². The summed E-state index contributed by atoms with van der Waals surface area (Å²) >= 11 is 6.44. The molecule has 2 atom stereocenters. The zero-order chi connectivity index (χ0) is 25.3. The van der Waals surface area contributed by atoms with E-state index in [2.05, 4.69) is 17.3 Å². The van der Waals surface area contributed by atoms with Crippen LogP contribution in [0.15, 0.2) is 41.3 Å². The lowest BCUT2D eigenvalue weighted by Gasteiger charge is -2.36. The Morgan fingerprint density at radius 2 is 1.86 bits per heavy atom. The summed E-state index contributed by atoms with van der Waals surface area (Å²) in [5.41, 5.74) is 0.877. The van der Waals surface area contributed by atoms with Crippen molar-refractivity contribution < 1.29 is 13.2 Å². The molecule has 2 saturated heterocycles. The zero-order valence-electron chi connectivity index (χ0n) is 20.6. The second-order valence-electron chi connectivity index (χ2n) is 10.1. The molecule has 0 bridgehead atoms. The van der Waals surface area contributed by atoms with Crippen LogP contribution in [0.5, 0.6) is 0 Å². The highest BCUT2D eigenvalue weighted by Gasteiger charge is 2.42. The average Bonchev–Trinajstić information content (AvgIpc) is 3.71. The van der Waals surface area contributed by atoms with Crippen molar-refractivity contribution in [2.24, 2.45) is 11.8 Å². The Bertz CT molecular complexity index is 1210. The molecule has 9 nitrogen and oxygen atoms in total. The number of piperidine rings is 1. The summed E-state index contributed by atoms with van der Waals surface area (Å²) in [6.45, 7) is 5.02. The van der Waals surface area contributed by atoms with Gasteiger partial charge < -0.3 is 10.1 Å². The molecule has 0 radical (unpaired) electrons. The van der Waals surface area contributed by atoms with Gasteiger partial charge in [-0.25, -0.2) is 4.68 Å². The average molecular weight is 536 g/mol. The van der Waals surface area contributed by atoms with Gasteiger partial charge in [0, 0.05) is 38.2 Å². The maximum Gasteiger partial charge on any atom is 0.304 e. The van der Waals surface area contributed by atoms with E-state index in [9.17, 15) is 13.2 Å². The predicted molar refractivity (Wildman–Crippen MR) is 141 cm³/mol. The molecule has 1 aliphatic carbocycles. The van der Waals surface area contributed by atoms with Crippen LogP contribution in [-0.2, 0) is 14.9 Å². The Morgan fingerprint density at radius 3 is 2.53 bits per heavy atom. The second kappa shape index (κ2) is 10.7. The van der Waals surface area contributed by atoms with Crippen molar-refractivity contribution in [2.75, 3.05) is 42.5 Å². The molecule has 36 heavy (non-hydrogen) atoms. The highest BCUT2D eigenvalue weighted by atomic mass is 35.5. The molecule has 0 amide bonds. The molecule has 2 aromatic rings. The predicted octanol–water partition coefficient (Wildman–Crippen LogP) is 3.53. The molecule has 1 saturated carbocycles. The number of ether oxygens (including phenoxy) is 1. The number of para-hydroxylation sites is 1. The van der Waals surface area contributed by atoms with Gasteiger partial charge in [0.15, 0.2) is 0 Å². The van der Waals surface area contributed by atoms with E-state index in [0.717, 1.165) is 25.9 Å². The minimum Gasteiger partial charge on any atom is -0.382 e. The highest BCUT2D eigenvalue weighted by Crippen LogP contribution is 2.36. The summed E-state index contributed by atoms with van der Waals surface area (Å²) in [6, 6.07) is 9.09. The molecule has 5 rings (SSSR count). The van der Waals surface area contributed by atoms with Crippen LogP contribution in [0.2, 0.25) is 5.02 Å². The molecule has 3 heterocycles. The number of anilines is 2. The molecule has 1 N–H and O–H groups in total. The van der Waals surface area contributed by atoms with Gasteiger partial charge in [0.1, 0.15) is 5.02 Å². The van der Waals surface area contributed by atoms with E-state index < -0.39 is 10.2 Å². The lowest BCUT2D eigenvalue weighted by molar-refractivity contribution is 0.0280. The fourth-order valence-corrected chi connectivity index (χ4v) is 7.19. The Morgan fingerprint density at radius 1 is 1.14 bits per heavy atom. The van der Waals surface area contributed by atoms with Crippen molar-refractivity contribution in [3.8, 4) is 0 Å². The fraction of sp³-hybridized carbons (Fsp3) is 0.600. The van der Waals surface area contributed by atoms with Gasteiger partial charge in [0.05, 0.1) is 30.2 Å².